The van der Waals surface area contributed by atoms with Gasteiger partial charge in [-0.25, -0.2) is 4.98 Å². The summed E-state index contributed by atoms with van der Waals surface area (Å²) in [5.74, 6) is 0.555. The number of methoxy groups -OCH3 is 1. The zero-order valence-electron chi connectivity index (χ0n) is 15.9. The first-order valence-electron chi connectivity index (χ1n) is 8.65. The van der Waals surface area contributed by atoms with E-state index in [1.54, 1.807) is 13.2 Å². The quantitative estimate of drug-likeness (QED) is 0.273. The molecule has 0 amide bonds. The molecule has 0 aliphatic heterocycles. The number of nitrogens with one attached hydrogen (secondary N) is 2. The summed E-state index contributed by atoms with van der Waals surface area (Å²) >= 11 is 7.02. The van der Waals surface area contributed by atoms with Crippen LogP contribution in [0.1, 0.15) is 29.3 Å². The summed E-state index contributed by atoms with van der Waals surface area (Å²) in [5.41, 5.74) is 0.0644. The summed E-state index contributed by atoms with van der Waals surface area (Å²) in [6, 6.07) is 7.37. The molecule has 0 fully saturated rings. The fourth-order valence-electron chi connectivity index (χ4n) is 2.38. The Labute approximate surface area is 194 Å². The number of guanidine groups is 1. The summed E-state index contributed by atoms with van der Waals surface area (Å²) in [6.45, 7) is 3.35. The number of aromatic nitrogens is 1. The van der Waals surface area contributed by atoms with Gasteiger partial charge in [-0.1, -0.05) is 23.7 Å². The van der Waals surface area contributed by atoms with E-state index in [1.165, 1.54) is 0 Å². The molecule has 0 radical (unpaired) electrons. The van der Waals surface area contributed by atoms with Crippen molar-refractivity contribution in [2.45, 2.75) is 25.6 Å². The van der Waals surface area contributed by atoms with E-state index in [0.29, 0.717) is 42.0 Å². The van der Waals surface area contributed by atoms with Gasteiger partial charge in [0.2, 0.25) is 0 Å². The molecule has 1 aromatic carbocycles. The van der Waals surface area contributed by atoms with Gasteiger partial charge >= 0.3 is 6.18 Å². The molecule has 1 aromatic heterocycles. The molecular formula is C18H23ClF3IN4OS. The lowest BCUT2D eigenvalue weighted by atomic mass is 10.1. The third-order valence-corrected chi connectivity index (χ3v) is 4.88. The van der Waals surface area contributed by atoms with Gasteiger partial charge in [0.1, 0.15) is 6.10 Å². The van der Waals surface area contributed by atoms with Crippen LogP contribution in [-0.4, -0.2) is 37.7 Å². The van der Waals surface area contributed by atoms with Crippen LogP contribution < -0.4 is 10.6 Å². The van der Waals surface area contributed by atoms with Crippen LogP contribution in [0.2, 0.25) is 5.02 Å². The highest BCUT2D eigenvalue weighted by Crippen LogP contribution is 2.30. The molecule has 29 heavy (non-hydrogen) atoms. The number of rotatable bonds is 8. The number of hydrogen-bond donors (Lipinski definition) is 2. The van der Waals surface area contributed by atoms with Crippen molar-refractivity contribution in [3.05, 3.63) is 50.9 Å². The van der Waals surface area contributed by atoms with Crippen molar-refractivity contribution in [2.24, 2.45) is 4.99 Å². The van der Waals surface area contributed by atoms with Crippen LogP contribution >= 0.6 is 46.9 Å². The lowest BCUT2D eigenvalue weighted by Crippen LogP contribution is -2.38. The average Bonchev–Trinajstić information content (AvgIpc) is 3.11. The highest BCUT2D eigenvalue weighted by molar-refractivity contribution is 14.0. The molecule has 162 valence electrons. The second-order valence-electron chi connectivity index (χ2n) is 5.80. The van der Waals surface area contributed by atoms with Crippen LogP contribution in [0.4, 0.5) is 13.2 Å². The minimum Gasteiger partial charge on any atom is -0.375 e. The Bertz CT molecular complexity index is 788. The molecule has 0 spiro atoms. The smallest absolute Gasteiger partial charge is 0.375 e. The summed E-state index contributed by atoms with van der Waals surface area (Å²) in [5, 5.41) is 8.27. The van der Waals surface area contributed by atoms with Crippen LogP contribution in [0, 0.1) is 0 Å². The van der Waals surface area contributed by atoms with Crippen molar-refractivity contribution >= 4 is 52.9 Å². The second kappa shape index (κ2) is 12.6. The van der Waals surface area contributed by atoms with E-state index >= 15 is 0 Å². The minimum atomic E-state index is -4.41. The van der Waals surface area contributed by atoms with Gasteiger partial charge in [-0.05, 0) is 24.6 Å². The van der Waals surface area contributed by atoms with E-state index in [9.17, 15) is 13.2 Å². The second-order valence-corrected chi connectivity index (χ2v) is 7.18. The zero-order chi connectivity index (χ0) is 20.6. The van der Waals surface area contributed by atoms with E-state index in [-0.39, 0.29) is 30.1 Å². The third kappa shape index (κ3) is 8.65. The zero-order valence-corrected chi connectivity index (χ0v) is 19.8. The van der Waals surface area contributed by atoms with Gasteiger partial charge < -0.3 is 15.4 Å². The van der Waals surface area contributed by atoms with E-state index in [1.807, 2.05) is 25.1 Å². The topological polar surface area (TPSA) is 58.5 Å². The molecule has 2 aromatic rings. The van der Waals surface area contributed by atoms with E-state index in [2.05, 4.69) is 20.6 Å². The molecule has 11 heteroatoms. The molecule has 5 nitrogen and oxygen atoms in total. The molecule has 0 bridgehead atoms. The number of halogens is 5. The van der Waals surface area contributed by atoms with Crippen molar-refractivity contribution in [1.29, 1.82) is 0 Å². The van der Waals surface area contributed by atoms with E-state index in [0.717, 1.165) is 22.3 Å². The van der Waals surface area contributed by atoms with Crippen molar-refractivity contribution in [3.8, 4) is 0 Å². The number of thiazole rings is 1. The molecule has 0 aliphatic carbocycles. The fraction of sp³-hybridized carbons (Fsp3) is 0.444. The lowest BCUT2D eigenvalue weighted by Gasteiger charge is -2.16. The van der Waals surface area contributed by atoms with E-state index < -0.39 is 11.9 Å². The number of hydrogen-bond acceptors (Lipinski definition) is 4. The monoisotopic (exact) mass is 562 g/mol. The Morgan fingerprint density at radius 3 is 2.69 bits per heavy atom. The van der Waals surface area contributed by atoms with Gasteiger partial charge in [0.05, 0.1) is 11.6 Å². The van der Waals surface area contributed by atoms with E-state index in [4.69, 9.17) is 16.3 Å². The minimum absolute atomic E-state index is 0. The third-order valence-electron chi connectivity index (χ3n) is 3.74. The first-order valence-corrected chi connectivity index (χ1v) is 9.91. The van der Waals surface area contributed by atoms with Gasteiger partial charge in [-0.15, -0.1) is 35.3 Å². The maximum atomic E-state index is 12.6. The Morgan fingerprint density at radius 2 is 2.10 bits per heavy atom. The largest absolute Gasteiger partial charge is 0.434 e. The molecule has 0 saturated heterocycles. The summed E-state index contributed by atoms with van der Waals surface area (Å²) in [4.78, 5) is 8.12. The normalized spacial score (nSPS) is 13.0. The lowest BCUT2D eigenvalue weighted by molar-refractivity contribution is -0.140. The van der Waals surface area contributed by atoms with Gasteiger partial charge in [0.25, 0.3) is 0 Å². The van der Waals surface area contributed by atoms with Gasteiger partial charge in [-0.2, -0.15) is 13.2 Å². The number of ether oxygens (including phenoxy) is 1. The Balaban J connectivity index is 0.00000420. The number of alkyl halides is 3. The maximum Gasteiger partial charge on any atom is 0.434 e. The van der Waals surface area contributed by atoms with Gasteiger partial charge in [0.15, 0.2) is 11.7 Å². The first kappa shape index (κ1) is 25.9. The highest BCUT2D eigenvalue weighted by atomic mass is 127. The van der Waals surface area contributed by atoms with Crippen molar-refractivity contribution in [2.75, 3.05) is 26.7 Å². The molecule has 0 saturated carbocycles. The Morgan fingerprint density at radius 1 is 1.34 bits per heavy atom. The van der Waals surface area contributed by atoms with Crippen LogP contribution in [0.5, 0.6) is 0 Å². The fourth-order valence-corrected chi connectivity index (χ4v) is 3.39. The van der Waals surface area contributed by atoms with Gasteiger partial charge in [-0.3, -0.25) is 4.99 Å². The Hall–Kier alpha value is -1.11. The van der Waals surface area contributed by atoms with Crippen LogP contribution in [0.15, 0.2) is 34.6 Å². The number of aliphatic imine (C=N–C) groups is 1. The molecular weight excluding hydrogens is 540 g/mol. The average molecular weight is 563 g/mol. The summed E-state index contributed by atoms with van der Waals surface area (Å²) in [6.07, 6.45) is -4.30. The Kier molecular flexibility index (Phi) is 11.2. The maximum absolute atomic E-state index is 12.6. The molecule has 2 N–H and O–H groups in total. The molecule has 1 unspecified atom stereocenters. The standard InChI is InChI=1S/C18H22ClF3N4OS.HI/c1-3-23-17(24-8-7-16-26-15(11-28-16)18(20,21)22)25-10-14(27-2)12-5-4-6-13(19)9-12;/h4-6,9,11,14H,3,7-8,10H2,1-2H3,(H2,23,24,25);1H. The summed E-state index contributed by atoms with van der Waals surface area (Å²) < 4.78 is 43.3. The number of benzene rings is 1. The van der Waals surface area contributed by atoms with Crippen molar-refractivity contribution in [3.63, 3.8) is 0 Å². The molecule has 1 heterocycles. The highest BCUT2D eigenvalue weighted by Gasteiger charge is 2.33. The molecule has 2 rings (SSSR count). The van der Waals surface area contributed by atoms with Crippen LogP contribution in [0.25, 0.3) is 0 Å². The number of nitrogens with zero attached hydrogens (tertiary/aromatic N) is 2. The molecule has 1 atom stereocenters. The van der Waals surface area contributed by atoms with Crippen LogP contribution in [-0.2, 0) is 17.3 Å². The van der Waals surface area contributed by atoms with Crippen molar-refractivity contribution < 1.29 is 17.9 Å². The predicted molar refractivity (Wildman–Crippen MR) is 121 cm³/mol. The predicted octanol–water partition coefficient (Wildman–Crippen LogP) is 4.92. The SMILES string of the molecule is CCNC(=NCC(OC)c1cccc(Cl)c1)NCCc1nc(C(F)(F)F)cs1.I. The molecule has 0 aliphatic rings. The summed E-state index contributed by atoms with van der Waals surface area (Å²) in [7, 11) is 1.60. The van der Waals surface area contributed by atoms with Crippen molar-refractivity contribution in [1.82, 2.24) is 15.6 Å². The van der Waals surface area contributed by atoms with Gasteiger partial charge in [0, 0.05) is 37.0 Å². The first-order chi connectivity index (χ1) is 13.3. The van der Waals surface area contributed by atoms with Crippen LogP contribution in [0.3, 0.4) is 0 Å².